The van der Waals surface area contributed by atoms with Crippen LogP contribution in [-0.2, 0) is 14.8 Å². The molecule has 0 amide bonds. The van der Waals surface area contributed by atoms with Gasteiger partial charge in [-0.25, -0.2) is 8.42 Å². The minimum atomic E-state index is -4.54. The minimum Gasteiger partial charge on any atom is -0.480 e. The number of nitrogens with zero attached hydrogens (tertiary/aromatic N) is 3. The molecule has 0 saturated heterocycles. The number of benzene rings is 2. The molecule has 0 heterocycles. The number of carboxylic acids is 1. The number of non-ortho nitro benzene ring substituents is 1. The van der Waals surface area contributed by atoms with Gasteiger partial charge in [0.25, 0.3) is 21.4 Å². The highest BCUT2D eigenvalue weighted by Crippen LogP contribution is 2.29. The summed E-state index contributed by atoms with van der Waals surface area (Å²) >= 11 is 0. The second kappa shape index (κ2) is 7.37. The third-order valence-electron chi connectivity index (χ3n) is 3.57. The van der Waals surface area contributed by atoms with Gasteiger partial charge in [-0.3, -0.25) is 29.3 Å². The van der Waals surface area contributed by atoms with Crippen LogP contribution in [0.3, 0.4) is 0 Å². The quantitative estimate of drug-likeness (QED) is 0.550. The van der Waals surface area contributed by atoms with E-state index >= 15 is 0 Å². The van der Waals surface area contributed by atoms with E-state index in [1.54, 1.807) is 0 Å². The fourth-order valence-corrected chi connectivity index (χ4v) is 3.70. The fourth-order valence-electron chi connectivity index (χ4n) is 2.27. The molecule has 1 N–H and O–H groups in total. The molecule has 0 bridgehead atoms. The molecule has 11 nitrogen and oxygen atoms in total. The van der Waals surface area contributed by atoms with Crippen molar-refractivity contribution in [1.29, 1.82) is 0 Å². The van der Waals surface area contributed by atoms with Crippen LogP contribution in [0.2, 0.25) is 0 Å². The van der Waals surface area contributed by atoms with Crippen LogP contribution < -0.4 is 4.31 Å². The molecule has 0 radical (unpaired) electrons. The van der Waals surface area contributed by atoms with Crippen LogP contribution in [0.5, 0.6) is 0 Å². The third kappa shape index (κ3) is 4.17. The zero-order valence-corrected chi connectivity index (χ0v) is 14.6. The summed E-state index contributed by atoms with van der Waals surface area (Å²) < 4.78 is 26.3. The maximum Gasteiger partial charge on any atom is 0.324 e. The summed E-state index contributed by atoms with van der Waals surface area (Å²) in [5, 5.41) is 31.1. The van der Waals surface area contributed by atoms with E-state index < -0.39 is 48.7 Å². The van der Waals surface area contributed by atoms with Gasteiger partial charge in [0.15, 0.2) is 0 Å². The number of nitro groups is 2. The zero-order valence-electron chi connectivity index (χ0n) is 13.8. The molecule has 142 valence electrons. The van der Waals surface area contributed by atoms with Crippen molar-refractivity contribution >= 4 is 33.1 Å². The Morgan fingerprint density at radius 2 is 1.78 bits per heavy atom. The third-order valence-corrected chi connectivity index (χ3v) is 5.34. The molecule has 0 aliphatic heterocycles. The van der Waals surface area contributed by atoms with Crippen molar-refractivity contribution in [2.24, 2.45) is 0 Å². The van der Waals surface area contributed by atoms with E-state index in [1.165, 1.54) is 25.1 Å². The Balaban J connectivity index is 2.64. The van der Waals surface area contributed by atoms with E-state index in [2.05, 4.69) is 0 Å². The second-order valence-corrected chi connectivity index (χ2v) is 7.25. The summed E-state index contributed by atoms with van der Waals surface area (Å²) in [6.07, 6.45) is 0. The van der Waals surface area contributed by atoms with Gasteiger partial charge in [0, 0.05) is 23.8 Å². The molecule has 0 saturated carbocycles. The van der Waals surface area contributed by atoms with E-state index in [-0.39, 0.29) is 11.3 Å². The molecule has 0 aliphatic carbocycles. The van der Waals surface area contributed by atoms with Gasteiger partial charge in [0.1, 0.15) is 6.54 Å². The first-order valence-corrected chi connectivity index (χ1v) is 8.72. The molecule has 2 aromatic carbocycles. The smallest absolute Gasteiger partial charge is 0.324 e. The summed E-state index contributed by atoms with van der Waals surface area (Å²) in [6, 6.07) is 7.55. The molecular formula is C15H13N3O8S. The van der Waals surface area contributed by atoms with Crippen molar-refractivity contribution in [3.63, 3.8) is 0 Å². The summed E-state index contributed by atoms with van der Waals surface area (Å²) in [4.78, 5) is 31.1. The van der Waals surface area contributed by atoms with E-state index in [9.17, 15) is 33.4 Å². The summed E-state index contributed by atoms with van der Waals surface area (Å²) in [5.74, 6) is -1.51. The highest BCUT2D eigenvalue weighted by atomic mass is 32.2. The number of carbonyl (C=O) groups is 1. The van der Waals surface area contributed by atoms with Crippen molar-refractivity contribution in [1.82, 2.24) is 0 Å². The van der Waals surface area contributed by atoms with Crippen molar-refractivity contribution in [2.45, 2.75) is 11.8 Å². The van der Waals surface area contributed by atoms with Crippen molar-refractivity contribution in [2.75, 3.05) is 10.8 Å². The Bertz CT molecular complexity index is 1040. The molecule has 2 aromatic rings. The Morgan fingerprint density at radius 3 is 2.33 bits per heavy atom. The maximum absolute atomic E-state index is 12.9. The van der Waals surface area contributed by atoms with Crippen LogP contribution in [0.15, 0.2) is 47.4 Å². The highest BCUT2D eigenvalue weighted by Gasteiger charge is 2.30. The topological polar surface area (TPSA) is 161 Å². The number of hydrogen-bond acceptors (Lipinski definition) is 7. The maximum atomic E-state index is 12.9. The van der Waals surface area contributed by atoms with Gasteiger partial charge in [0.05, 0.1) is 20.4 Å². The molecule has 2 rings (SSSR count). The van der Waals surface area contributed by atoms with Gasteiger partial charge >= 0.3 is 5.97 Å². The highest BCUT2D eigenvalue weighted by molar-refractivity contribution is 7.92. The summed E-state index contributed by atoms with van der Waals surface area (Å²) in [5.41, 5.74) is -0.924. The molecule has 27 heavy (non-hydrogen) atoms. The normalized spacial score (nSPS) is 11.0. The summed E-state index contributed by atoms with van der Waals surface area (Å²) in [6.45, 7) is 0.398. The average Bonchev–Trinajstić information content (AvgIpc) is 2.59. The molecule has 0 aliphatic rings. The van der Waals surface area contributed by atoms with Crippen LogP contribution >= 0.6 is 0 Å². The number of hydrogen-bond donors (Lipinski definition) is 1. The lowest BCUT2D eigenvalue weighted by atomic mass is 10.2. The van der Waals surface area contributed by atoms with E-state index in [0.717, 1.165) is 24.3 Å². The van der Waals surface area contributed by atoms with Crippen molar-refractivity contribution in [3.8, 4) is 0 Å². The lowest BCUT2D eigenvalue weighted by Crippen LogP contribution is -2.35. The predicted octanol–water partition coefficient (Wildman–Crippen LogP) is 2.09. The second-order valence-electron chi connectivity index (χ2n) is 5.39. The Kier molecular flexibility index (Phi) is 5.40. The standard InChI is InChI=1S/C15H13N3O8S/c1-10-5-6-13(8-14(10)18(23)24)27(25,26)16(9-15(19)20)11-3-2-4-12(7-11)17(21)22/h2-8H,9H2,1H3,(H,19,20). The Morgan fingerprint density at radius 1 is 1.11 bits per heavy atom. The van der Waals surface area contributed by atoms with Crippen molar-refractivity contribution in [3.05, 3.63) is 68.3 Å². The molecule has 0 unspecified atom stereocenters. The van der Waals surface area contributed by atoms with Crippen LogP contribution in [0.25, 0.3) is 0 Å². The minimum absolute atomic E-state index is 0.221. The number of anilines is 1. The fraction of sp³-hybridized carbons (Fsp3) is 0.133. The number of nitro benzene ring substituents is 2. The first-order valence-electron chi connectivity index (χ1n) is 7.28. The van der Waals surface area contributed by atoms with E-state index in [1.807, 2.05) is 0 Å². The SMILES string of the molecule is Cc1ccc(S(=O)(=O)N(CC(=O)O)c2cccc([N+](=O)[O-])c2)cc1[N+](=O)[O-]. The monoisotopic (exact) mass is 395 g/mol. The number of aliphatic carboxylic acids is 1. The van der Waals surface area contributed by atoms with Gasteiger partial charge in [-0.2, -0.15) is 0 Å². The number of aryl methyl sites for hydroxylation is 1. The molecule has 0 aromatic heterocycles. The number of rotatable bonds is 7. The molecule has 12 heteroatoms. The first kappa shape index (κ1) is 19.8. The van der Waals surface area contributed by atoms with E-state index in [4.69, 9.17) is 5.11 Å². The lowest BCUT2D eigenvalue weighted by Gasteiger charge is -2.22. The summed E-state index contributed by atoms with van der Waals surface area (Å²) in [7, 11) is -4.54. The average molecular weight is 395 g/mol. The van der Waals surface area contributed by atoms with Crippen LogP contribution in [0, 0.1) is 27.2 Å². The van der Waals surface area contributed by atoms with Gasteiger partial charge in [0.2, 0.25) is 0 Å². The molecule has 0 atom stereocenters. The zero-order chi connectivity index (χ0) is 20.4. The van der Waals surface area contributed by atoms with Gasteiger partial charge in [-0.15, -0.1) is 0 Å². The van der Waals surface area contributed by atoms with Crippen molar-refractivity contribution < 1.29 is 28.2 Å². The van der Waals surface area contributed by atoms with Crippen LogP contribution in [-0.4, -0.2) is 35.9 Å². The van der Waals surface area contributed by atoms with Gasteiger partial charge in [-0.05, 0) is 19.1 Å². The first-order chi connectivity index (χ1) is 12.5. The van der Waals surface area contributed by atoms with Gasteiger partial charge in [-0.1, -0.05) is 12.1 Å². The molecular weight excluding hydrogens is 382 g/mol. The van der Waals surface area contributed by atoms with Crippen LogP contribution in [0.1, 0.15) is 5.56 Å². The molecule has 0 spiro atoms. The Labute approximate surface area is 152 Å². The van der Waals surface area contributed by atoms with E-state index in [0.29, 0.717) is 4.31 Å². The number of sulfonamides is 1. The number of carboxylic acid groups (broad SMARTS) is 1. The Hall–Kier alpha value is -3.54. The van der Waals surface area contributed by atoms with Gasteiger partial charge < -0.3 is 5.11 Å². The predicted molar refractivity (Wildman–Crippen MR) is 93.1 cm³/mol. The van der Waals surface area contributed by atoms with Crippen LogP contribution in [0.4, 0.5) is 17.1 Å². The molecule has 0 fully saturated rings. The largest absolute Gasteiger partial charge is 0.480 e. The lowest BCUT2D eigenvalue weighted by molar-refractivity contribution is -0.385.